The summed E-state index contributed by atoms with van der Waals surface area (Å²) in [6.07, 6.45) is 2.98. The SMILES string of the molecule is CN=C(NCCc1c[nH]c2ccccc12)N(C)Cc1ccc(F)cc1.I. The molecular formula is C20H24FIN4. The second kappa shape index (κ2) is 9.56. The van der Waals surface area contributed by atoms with E-state index in [0.29, 0.717) is 6.54 Å². The Kier molecular flexibility index (Phi) is 7.44. The zero-order chi connectivity index (χ0) is 17.6. The molecule has 0 unspecified atom stereocenters. The van der Waals surface area contributed by atoms with Crippen molar-refractivity contribution in [2.24, 2.45) is 4.99 Å². The Labute approximate surface area is 170 Å². The molecule has 0 atom stereocenters. The number of para-hydroxylation sites is 1. The molecule has 0 aliphatic rings. The Morgan fingerprint density at radius 2 is 1.88 bits per heavy atom. The van der Waals surface area contributed by atoms with Crippen LogP contribution in [0.25, 0.3) is 10.9 Å². The van der Waals surface area contributed by atoms with Crippen molar-refractivity contribution in [3.05, 3.63) is 71.7 Å². The fourth-order valence-electron chi connectivity index (χ4n) is 2.97. The van der Waals surface area contributed by atoms with Crippen LogP contribution < -0.4 is 5.32 Å². The smallest absolute Gasteiger partial charge is 0.193 e. The van der Waals surface area contributed by atoms with Gasteiger partial charge in [0.25, 0.3) is 0 Å². The van der Waals surface area contributed by atoms with Crippen molar-refractivity contribution in [3.63, 3.8) is 0 Å². The van der Waals surface area contributed by atoms with Gasteiger partial charge in [-0.05, 0) is 35.7 Å². The second-order valence-electron chi connectivity index (χ2n) is 6.07. The van der Waals surface area contributed by atoms with Gasteiger partial charge in [0.1, 0.15) is 5.82 Å². The predicted molar refractivity (Wildman–Crippen MR) is 117 cm³/mol. The minimum absolute atomic E-state index is 0. The molecule has 0 spiro atoms. The third-order valence-corrected chi connectivity index (χ3v) is 4.26. The first kappa shape index (κ1) is 20.2. The molecule has 3 aromatic rings. The van der Waals surface area contributed by atoms with Gasteiger partial charge in [-0.15, -0.1) is 24.0 Å². The molecule has 0 saturated heterocycles. The van der Waals surface area contributed by atoms with Crippen LogP contribution in [0.4, 0.5) is 4.39 Å². The summed E-state index contributed by atoms with van der Waals surface area (Å²) in [7, 11) is 3.75. The van der Waals surface area contributed by atoms with Crippen LogP contribution in [0.1, 0.15) is 11.1 Å². The zero-order valence-electron chi connectivity index (χ0n) is 15.0. The molecule has 6 heteroatoms. The van der Waals surface area contributed by atoms with Gasteiger partial charge in [0.05, 0.1) is 0 Å². The normalized spacial score (nSPS) is 11.3. The Morgan fingerprint density at radius 3 is 2.62 bits per heavy atom. The van der Waals surface area contributed by atoms with Crippen LogP contribution in [0.2, 0.25) is 0 Å². The van der Waals surface area contributed by atoms with Gasteiger partial charge in [0.15, 0.2) is 5.96 Å². The quantitative estimate of drug-likeness (QED) is 0.337. The number of benzene rings is 2. The molecule has 4 nitrogen and oxygen atoms in total. The average molecular weight is 466 g/mol. The lowest BCUT2D eigenvalue weighted by Gasteiger charge is -2.22. The summed E-state index contributed by atoms with van der Waals surface area (Å²) < 4.78 is 13.0. The molecule has 0 saturated carbocycles. The summed E-state index contributed by atoms with van der Waals surface area (Å²) >= 11 is 0. The van der Waals surface area contributed by atoms with Crippen LogP contribution in [-0.2, 0) is 13.0 Å². The highest BCUT2D eigenvalue weighted by Gasteiger charge is 2.08. The van der Waals surface area contributed by atoms with Crippen LogP contribution >= 0.6 is 24.0 Å². The fraction of sp³-hybridized carbons (Fsp3) is 0.250. The number of hydrogen-bond acceptors (Lipinski definition) is 1. The van der Waals surface area contributed by atoms with Crippen molar-refractivity contribution in [2.75, 3.05) is 20.6 Å². The number of halogens is 2. The number of rotatable bonds is 5. The number of aliphatic imine (C=N–C) groups is 1. The largest absolute Gasteiger partial charge is 0.361 e. The summed E-state index contributed by atoms with van der Waals surface area (Å²) in [4.78, 5) is 9.66. The number of nitrogens with one attached hydrogen (secondary N) is 2. The zero-order valence-corrected chi connectivity index (χ0v) is 17.3. The van der Waals surface area contributed by atoms with Crippen LogP contribution in [0.3, 0.4) is 0 Å². The van der Waals surface area contributed by atoms with Crippen molar-refractivity contribution in [3.8, 4) is 0 Å². The Balaban J connectivity index is 0.00000243. The lowest BCUT2D eigenvalue weighted by atomic mass is 10.1. The van der Waals surface area contributed by atoms with Crippen molar-refractivity contribution < 1.29 is 4.39 Å². The molecule has 26 heavy (non-hydrogen) atoms. The Hall–Kier alpha value is -2.09. The maximum atomic E-state index is 13.0. The molecule has 1 aromatic heterocycles. The number of aromatic nitrogens is 1. The van der Waals surface area contributed by atoms with E-state index in [9.17, 15) is 4.39 Å². The first-order valence-corrected chi connectivity index (χ1v) is 8.38. The van der Waals surface area contributed by atoms with E-state index in [1.54, 1.807) is 19.2 Å². The number of aromatic amines is 1. The highest BCUT2D eigenvalue weighted by molar-refractivity contribution is 14.0. The van der Waals surface area contributed by atoms with Crippen molar-refractivity contribution in [1.82, 2.24) is 15.2 Å². The highest BCUT2D eigenvalue weighted by atomic mass is 127. The van der Waals surface area contributed by atoms with E-state index in [0.717, 1.165) is 30.0 Å². The van der Waals surface area contributed by atoms with Crippen molar-refractivity contribution in [1.29, 1.82) is 0 Å². The Morgan fingerprint density at radius 1 is 1.15 bits per heavy atom. The third-order valence-electron chi connectivity index (χ3n) is 4.26. The molecule has 0 aliphatic carbocycles. The molecule has 0 bridgehead atoms. The minimum Gasteiger partial charge on any atom is -0.361 e. The summed E-state index contributed by atoms with van der Waals surface area (Å²) in [5.74, 6) is 0.608. The van der Waals surface area contributed by atoms with Gasteiger partial charge in [-0.2, -0.15) is 0 Å². The molecule has 1 heterocycles. The lowest BCUT2D eigenvalue weighted by Crippen LogP contribution is -2.39. The Bertz CT molecular complexity index is 858. The van der Waals surface area contributed by atoms with Crippen LogP contribution in [0.15, 0.2) is 59.7 Å². The molecular weight excluding hydrogens is 442 g/mol. The first-order valence-electron chi connectivity index (χ1n) is 8.38. The standard InChI is InChI=1S/C20H23FN4.HI/c1-22-20(25(2)14-15-7-9-17(21)10-8-15)23-12-11-16-13-24-19-6-4-3-5-18(16)19;/h3-10,13,24H,11-12,14H2,1-2H3,(H,22,23);1H. The van der Waals surface area contributed by atoms with E-state index >= 15 is 0 Å². The van der Waals surface area contributed by atoms with Gasteiger partial charge >= 0.3 is 0 Å². The van der Waals surface area contributed by atoms with Gasteiger partial charge < -0.3 is 15.2 Å². The number of guanidine groups is 1. The highest BCUT2D eigenvalue weighted by Crippen LogP contribution is 2.17. The van der Waals surface area contributed by atoms with Crippen molar-refractivity contribution in [2.45, 2.75) is 13.0 Å². The van der Waals surface area contributed by atoms with E-state index in [1.807, 2.05) is 18.0 Å². The van der Waals surface area contributed by atoms with Gasteiger partial charge in [-0.25, -0.2) is 4.39 Å². The first-order chi connectivity index (χ1) is 12.2. The minimum atomic E-state index is -0.215. The second-order valence-corrected chi connectivity index (χ2v) is 6.07. The molecule has 0 radical (unpaired) electrons. The average Bonchev–Trinajstić information content (AvgIpc) is 3.04. The summed E-state index contributed by atoms with van der Waals surface area (Å²) in [5.41, 5.74) is 3.50. The molecule has 2 N–H and O–H groups in total. The number of nitrogens with zero attached hydrogens (tertiary/aromatic N) is 2. The van der Waals surface area contributed by atoms with Crippen LogP contribution in [-0.4, -0.2) is 36.5 Å². The molecule has 2 aromatic carbocycles. The van der Waals surface area contributed by atoms with E-state index in [4.69, 9.17) is 0 Å². The summed E-state index contributed by atoms with van der Waals surface area (Å²) in [6, 6.07) is 14.9. The summed E-state index contributed by atoms with van der Waals surface area (Å²) in [6.45, 7) is 1.47. The number of fused-ring (bicyclic) bond motifs is 1. The predicted octanol–water partition coefficient (Wildman–Crippen LogP) is 4.17. The maximum Gasteiger partial charge on any atom is 0.193 e. The van der Waals surface area contributed by atoms with E-state index in [2.05, 4.69) is 39.7 Å². The van der Waals surface area contributed by atoms with Crippen LogP contribution in [0, 0.1) is 5.82 Å². The fourth-order valence-corrected chi connectivity index (χ4v) is 2.97. The maximum absolute atomic E-state index is 13.0. The summed E-state index contributed by atoms with van der Waals surface area (Å²) in [5, 5.41) is 4.65. The molecule has 138 valence electrons. The monoisotopic (exact) mass is 466 g/mol. The van der Waals surface area contributed by atoms with Gasteiger partial charge in [-0.1, -0.05) is 30.3 Å². The van der Waals surface area contributed by atoms with Crippen molar-refractivity contribution >= 4 is 40.8 Å². The topological polar surface area (TPSA) is 43.4 Å². The molecule has 0 fully saturated rings. The van der Waals surface area contributed by atoms with E-state index in [1.165, 1.54) is 23.1 Å². The van der Waals surface area contributed by atoms with E-state index < -0.39 is 0 Å². The lowest BCUT2D eigenvalue weighted by molar-refractivity contribution is 0.476. The molecule has 0 amide bonds. The number of H-pyrrole nitrogens is 1. The third kappa shape index (κ3) is 4.97. The molecule has 3 rings (SSSR count). The van der Waals surface area contributed by atoms with Gasteiger partial charge in [-0.3, -0.25) is 4.99 Å². The van der Waals surface area contributed by atoms with Gasteiger partial charge in [0.2, 0.25) is 0 Å². The molecule has 0 aliphatic heterocycles. The number of hydrogen-bond donors (Lipinski definition) is 2. The van der Waals surface area contributed by atoms with Crippen LogP contribution in [0.5, 0.6) is 0 Å². The van der Waals surface area contributed by atoms with Gasteiger partial charge in [0, 0.05) is 44.3 Å². The van der Waals surface area contributed by atoms with E-state index in [-0.39, 0.29) is 29.8 Å².